The number of nitrogens with one attached hydrogen (secondary N) is 4. The quantitative estimate of drug-likeness (QED) is 0.0254. The van der Waals surface area contributed by atoms with Gasteiger partial charge in [-0.05, 0) is 186 Å². The molecule has 8 amide bonds. The maximum atomic E-state index is 14.2. The van der Waals surface area contributed by atoms with E-state index in [1.165, 1.54) is 0 Å². The number of amides is 8. The molecule has 5 heterocycles. The van der Waals surface area contributed by atoms with Gasteiger partial charge in [-0.2, -0.15) is 0 Å². The monoisotopic (exact) mass is 1920 g/mol. The molecule has 0 bridgehead atoms. The smallest absolute Gasteiger partial charge is 0.414 e. The fourth-order valence-corrected chi connectivity index (χ4v) is 21.7. The van der Waals surface area contributed by atoms with Crippen molar-refractivity contribution in [2.24, 2.45) is 0 Å². The molecule has 0 unspecified atom stereocenters. The zero-order chi connectivity index (χ0) is 95.7. The number of thiophene rings is 1. The first kappa shape index (κ1) is 94.8. The van der Waals surface area contributed by atoms with Gasteiger partial charge in [0.1, 0.15) is 48.9 Å². The Kier molecular flexibility index (Phi) is 28.0. The Bertz CT molecular complexity index is 6750. The SMILES string of the molecule is CC(C)(C)OC(=O)N1C[C@@H](CCl)c2c1cc(N)c1ccccc21.C[C@H](NC(=O)OCC1c2ccccc2-c2ccccc21)C(=O)Nc1cc2c(c3ccccc13)[C@H](CCl)CN2C(=O)OC(C)(C)C.Cc1csc2c(OCc3ccccc3)cc3c(c12)[C@H](CCl)CN3C(=O)CCCC(=O)N1C[C@@H](CCl)c2c1cc(NC(=O)[C@H](C)NC(=O)OCC1c3ccccc3-c3ccccc31)c1ccccc21. The van der Waals surface area contributed by atoms with E-state index in [0.29, 0.717) is 85.3 Å². The summed E-state index contributed by atoms with van der Waals surface area (Å²) in [5.74, 6) is 0.637. The highest BCUT2D eigenvalue weighted by Gasteiger charge is 2.43. The van der Waals surface area contributed by atoms with Crippen molar-refractivity contribution in [1.29, 1.82) is 0 Å². The van der Waals surface area contributed by atoms with Crippen molar-refractivity contribution in [2.45, 2.75) is 147 Å². The van der Waals surface area contributed by atoms with Gasteiger partial charge in [-0.25, -0.2) is 19.2 Å². The van der Waals surface area contributed by atoms with Crippen LogP contribution in [0.4, 0.5) is 59.0 Å². The second-order valence-corrected chi connectivity index (χ2v) is 39.4. The number of alkyl carbamates (subject to hydrolysis) is 2. The van der Waals surface area contributed by atoms with Gasteiger partial charge in [-0.1, -0.05) is 200 Å². The molecule has 1 aromatic heterocycles. The third-order valence-corrected chi connectivity index (χ3v) is 28.5. The zero-order valence-electron chi connectivity index (χ0n) is 77.1. The predicted molar refractivity (Wildman–Crippen MR) is 546 cm³/mol. The topological polar surface area (TPSA) is 270 Å². The van der Waals surface area contributed by atoms with Crippen molar-refractivity contribution < 1.29 is 62.0 Å². The highest BCUT2D eigenvalue weighted by molar-refractivity contribution is 7.17. The molecule has 6 aliphatic rings. The third-order valence-electron chi connectivity index (χ3n) is 25.9. The summed E-state index contributed by atoms with van der Waals surface area (Å²) in [4.78, 5) is 114. The van der Waals surface area contributed by atoms with Gasteiger partial charge in [-0.3, -0.25) is 29.0 Å². The third kappa shape index (κ3) is 19.4. The van der Waals surface area contributed by atoms with Crippen molar-refractivity contribution in [3.63, 3.8) is 0 Å². The van der Waals surface area contributed by atoms with E-state index >= 15 is 0 Å². The second kappa shape index (κ2) is 40.2. The Morgan fingerprint density at radius 3 is 1.19 bits per heavy atom. The number of ether oxygens (including phenoxy) is 5. The first-order valence-electron chi connectivity index (χ1n) is 45.8. The molecule has 136 heavy (non-hydrogen) atoms. The average molecular weight is 1920 g/mol. The van der Waals surface area contributed by atoms with Crippen LogP contribution in [0.2, 0.25) is 0 Å². The maximum absolute atomic E-state index is 14.2. The standard InChI is InChI=1S/C55H50Cl2N4O6S.C36H36ClN3O5.C18H21ClN2O2/c1-32-31-68-53-47(66-29-34-13-4-3-5-14-34)24-46-52(50(32)53)36(26-57)28-61(46)49(63)22-12-21-48(62)60-27-35(25-56)51-42-20-11-10-19-41(42)44(23-45(51)60)59-54(64)33(2)58-55(65)67-30-43-39-17-8-6-15-37(39)38-16-7-9-18-40(38)43;1-21(38-34(42)44-20-29-25-13-7-5-11-23(25)24-12-6-8-14-26(24)29)33(41)39-30-17-31-32(28-16-10-9-15-27(28)30)22(18-37)19-40(31)35(43)45-36(2,3)4;1-18(2,3)23-17(22)21-10-11(9-19)16-13-7-5-4-6-12(13)14(20)8-15(16)21/h3-11,13-20,23-24,31,33,35-36,43H,12,21-22,25-30H2,1-2H3,(H,58,65)(H,59,64);5-17,21-22,29H,18-20H2,1-4H3,(H,38,42)(H,39,41);4-8,11H,9-10,20H2,1-3H3/t33-,35+,36+;21-,22+;11-/m001/s1. The predicted octanol–water partition coefficient (Wildman–Crippen LogP) is 24.3. The number of nitrogens with two attached hydrogens (primary N) is 1. The van der Waals surface area contributed by atoms with E-state index in [2.05, 4.69) is 82.1 Å². The minimum absolute atomic E-state index is 0.0407. The molecule has 0 radical (unpaired) electrons. The van der Waals surface area contributed by atoms with Gasteiger partial charge in [0.15, 0.2) is 0 Å². The Balaban J connectivity index is 0.000000161. The summed E-state index contributed by atoms with van der Waals surface area (Å²) >= 11 is 27.4. The molecule has 6 atom stereocenters. The first-order valence-corrected chi connectivity index (χ1v) is 48.9. The number of nitrogens with zero attached hydrogens (tertiary/aromatic N) is 4. The summed E-state index contributed by atoms with van der Waals surface area (Å²) in [5.41, 5.74) is 24.7. The molecule has 22 nitrogen and oxygen atoms in total. The molecular weight excluding hydrogens is 1820 g/mol. The minimum Gasteiger partial charge on any atom is -0.487 e. The molecule has 2 aliphatic carbocycles. The van der Waals surface area contributed by atoms with Crippen LogP contribution >= 0.6 is 57.7 Å². The highest BCUT2D eigenvalue weighted by Crippen LogP contribution is 2.53. The van der Waals surface area contributed by atoms with Crippen molar-refractivity contribution in [2.75, 3.05) is 98.9 Å². The van der Waals surface area contributed by atoms with E-state index in [9.17, 15) is 38.4 Å². The molecule has 0 spiro atoms. The normalized spacial score (nSPS) is 16.4. The van der Waals surface area contributed by atoms with E-state index in [1.807, 2.05) is 216 Å². The first-order chi connectivity index (χ1) is 65.5. The minimum atomic E-state index is -0.945. The van der Waals surface area contributed by atoms with Crippen LogP contribution in [-0.2, 0) is 44.7 Å². The Morgan fingerprint density at radius 1 is 0.434 bits per heavy atom. The number of benzene rings is 12. The van der Waals surface area contributed by atoms with Gasteiger partial charge in [0.2, 0.25) is 23.6 Å². The fourth-order valence-electron chi connectivity index (χ4n) is 19.7. The average Bonchev–Trinajstić information content (AvgIpc) is 1.59. The van der Waals surface area contributed by atoms with Crippen molar-refractivity contribution >= 4 is 188 Å². The lowest BCUT2D eigenvalue weighted by Gasteiger charge is -2.25. The Labute approximate surface area is 814 Å². The van der Waals surface area contributed by atoms with Crippen LogP contribution in [-0.4, -0.2) is 134 Å². The number of alkyl halides is 4. The number of aryl methyl sites for hydroxylation is 1. The Morgan fingerprint density at radius 2 is 0.779 bits per heavy atom. The summed E-state index contributed by atoms with van der Waals surface area (Å²) in [6.07, 6.45) is -1.60. The molecule has 19 rings (SSSR count). The van der Waals surface area contributed by atoms with Crippen molar-refractivity contribution in [1.82, 2.24) is 10.6 Å². The van der Waals surface area contributed by atoms with Crippen LogP contribution < -0.4 is 51.3 Å². The summed E-state index contributed by atoms with van der Waals surface area (Å²) in [7, 11) is 0. The number of rotatable bonds is 21. The lowest BCUT2D eigenvalue weighted by Crippen LogP contribution is -2.42. The molecule has 700 valence electrons. The van der Waals surface area contributed by atoms with Gasteiger partial charge in [0.25, 0.3) is 0 Å². The van der Waals surface area contributed by atoms with Crippen molar-refractivity contribution in [3.8, 4) is 28.0 Å². The fraction of sp³-hybridized carbons (Fsp3) is 0.303. The highest BCUT2D eigenvalue weighted by atomic mass is 35.5. The number of fused-ring (bicyclic) bond motifs is 18. The number of carbonyl (C=O) groups excluding carboxylic acids is 8. The summed E-state index contributed by atoms with van der Waals surface area (Å²) in [6.45, 7) is 18.7. The van der Waals surface area contributed by atoms with Gasteiger partial charge in [0, 0.05) is 137 Å². The van der Waals surface area contributed by atoms with E-state index in [-0.39, 0.29) is 85.4 Å². The van der Waals surface area contributed by atoms with Crippen LogP contribution in [0, 0.1) is 6.92 Å². The van der Waals surface area contributed by atoms with Crippen LogP contribution in [0.1, 0.15) is 166 Å². The van der Waals surface area contributed by atoms with Crippen molar-refractivity contribution in [3.05, 3.63) is 285 Å². The number of halogens is 4. The largest absolute Gasteiger partial charge is 0.487 e. The van der Waals surface area contributed by atoms with Gasteiger partial charge in [-0.15, -0.1) is 57.7 Å². The lowest BCUT2D eigenvalue weighted by atomic mass is 9.95. The number of hydrogen-bond acceptors (Lipinski definition) is 15. The van der Waals surface area contributed by atoms with Gasteiger partial charge in [0.05, 0.1) is 33.1 Å². The molecule has 0 fully saturated rings. The van der Waals surface area contributed by atoms with Crippen LogP contribution in [0.25, 0.3) is 64.7 Å². The maximum Gasteiger partial charge on any atom is 0.414 e. The van der Waals surface area contributed by atoms with E-state index < -0.39 is 53.4 Å². The summed E-state index contributed by atoms with van der Waals surface area (Å²) < 4.78 is 30.0. The number of carbonyl (C=O) groups is 8. The van der Waals surface area contributed by atoms with Gasteiger partial charge < -0.3 is 60.5 Å². The lowest BCUT2D eigenvalue weighted by molar-refractivity contribution is -0.120. The Hall–Kier alpha value is -12.9. The molecule has 12 aromatic carbocycles. The van der Waals surface area contributed by atoms with Crippen LogP contribution in [0.3, 0.4) is 0 Å². The second-order valence-electron chi connectivity index (χ2n) is 37.3. The van der Waals surface area contributed by atoms with E-state index in [4.69, 9.17) is 75.8 Å². The van der Waals surface area contributed by atoms with Gasteiger partial charge >= 0.3 is 24.4 Å². The van der Waals surface area contributed by atoms with E-state index in [1.54, 1.807) is 46.0 Å². The van der Waals surface area contributed by atoms with E-state index in [0.717, 1.165) is 137 Å². The number of nitrogen functional groups attached to an aromatic ring is 1. The molecular formula is C109H107Cl4N9O13S. The van der Waals surface area contributed by atoms with Crippen LogP contribution in [0.15, 0.2) is 230 Å². The molecule has 13 aromatic rings. The molecule has 27 heteroatoms. The zero-order valence-corrected chi connectivity index (χ0v) is 80.9. The summed E-state index contributed by atoms with van der Waals surface area (Å²) in [5, 5.41) is 20.0. The molecule has 4 aliphatic heterocycles. The number of anilines is 7. The molecule has 0 saturated carbocycles. The molecule has 0 saturated heterocycles. The number of hydrogen-bond donors (Lipinski definition) is 5. The molecule has 6 N–H and O–H groups in total. The summed E-state index contributed by atoms with van der Waals surface area (Å²) in [6, 6.07) is 71.4. The van der Waals surface area contributed by atoms with Crippen LogP contribution in [0.5, 0.6) is 5.75 Å².